The molecule has 11 heteroatoms. The SMILES string of the molecule is CCCCN1N=C(CCS(=O)(=O)O)CC1=O.O=S(=O)=O. The number of carbonyl (C=O) groups excluding carboxylic acids is 1. The van der Waals surface area contributed by atoms with Gasteiger partial charge >= 0.3 is 10.6 Å². The third-order valence-electron chi connectivity index (χ3n) is 2.28. The van der Waals surface area contributed by atoms with Crippen molar-refractivity contribution >= 4 is 32.3 Å². The Morgan fingerprint density at radius 2 is 1.90 bits per heavy atom. The molecular formula is C9H16N2O7S2. The summed E-state index contributed by atoms with van der Waals surface area (Å²) in [4.78, 5) is 11.4. The van der Waals surface area contributed by atoms with Crippen LogP contribution in [0.2, 0.25) is 0 Å². The fourth-order valence-corrected chi connectivity index (χ4v) is 1.89. The second-order valence-corrected chi connectivity index (χ2v) is 5.93. The van der Waals surface area contributed by atoms with Crippen LogP contribution in [0.1, 0.15) is 32.6 Å². The zero-order valence-electron chi connectivity index (χ0n) is 10.9. The van der Waals surface area contributed by atoms with Crippen LogP contribution in [-0.2, 0) is 25.5 Å². The van der Waals surface area contributed by atoms with Crippen molar-refractivity contribution in [2.45, 2.75) is 32.6 Å². The van der Waals surface area contributed by atoms with Gasteiger partial charge in [-0.2, -0.15) is 13.5 Å². The number of amides is 1. The highest BCUT2D eigenvalue weighted by Crippen LogP contribution is 2.12. The van der Waals surface area contributed by atoms with Crippen molar-refractivity contribution in [1.29, 1.82) is 0 Å². The fraction of sp³-hybridized carbons (Fsp3) is 0.778. The third-order valence-corrected chi connectivity index (χ3v) is 3.00. The number of hydrazone groups is 1. The van der Waals surface area contributed by atoms with E-state index in [-0.39, 0.29) is 24.5 Å². The van der Waals surface area contributed by atoms with Crippen molar-refractivity contribution in [1.82, 2.24) is 5.01 Å². The third kappa shape index (κ3) is 9.58. The van der Waals surface area contributed by atoms with E-state index < -0.39 is 20.7 Å². The van der Waals surface area contributed by atoms with Crippen molar-refractivity contribution in [3.8, 4) is 0 Å². The van der Waals surface area contributed by atoms with Gasteiger partial charge < -0.3 is 0 Å². The number of nitrogens with zero attached hydrogens (tertiary/aromatic N) is 2. The molecule has 0 fully saturated rings. The maximum atomic E-state index is 11.4. The first-order valence-electron chi connectivity index (χ1n) is 5.74. The Bertz CT molecular complexity index is 558. The van der Waals surface area contributed by atoms with Crippen LogP contribution in [-0.4, -0.2) is 54.5 Å². The highest BCUT2D eigenvalue weighted by molar-refractivity contribution is 7.85. The Labute approximate surface area is 118 Å². The Balaban J connectivity index is 0.000000796. The van der Waals surface area contributed by atoms with Crippen molar-refractivity contribution in [2.75, 3.05) is 12.3 Å². The van der Waals surface area contributed by atoms with Crippen molar-refractivity contribution in [2.24, 2.45) is 5.10 Å². The lowest BCUT2D eigenvalue weighted by Crippen LogP contribution is -2.21. The summed E-state index contributed by atoms with van der Waals surface area (Å²) in [5, 5.41) is 5.41. The summed E-state index contributed by atoms with van der Waals surface area (Å²) in [6.07, 6.45) is 2.13. The van der Waals surface area contributed by atoms with E-state index in [0.717, 1.165) is 12.8 Å². The molecule has 0 saturated carbocycles. The van der Waals surface area contributed by atoms with E-state index >= 15 is 0 Å². The molecule has 0 radical (unpaired) electrons. The highest BCUT2D eigenvalue weighted by atomic mass is 32.2. The number of unbranched alkanes of at least 4 members (excludes halogenated alkanes) is 1. The Morgan fingerprint density at radius 3 is 2.35 bits per heavy atom. The van der Waals surface area contributed by atoms with Gasteiger partial charge in [-0.15, -0.1) is 12.6 Å². The zero-order chi connectivity index (χ0) is 15.8. The van der Waals surface area contributed by atoms with Gasteiger partial charge in [-0.3, -0.25) is 9.35 Å². The van der Waals surface area contributed by atoms with E-state index in [1.54, 1.807) is 0 Å². The minimum Gasteiger partial charge on any atom is -0.286 e. The van der Waals surface area contributed by atoms with Gasteiger partial charge in [-0.25, -0.2) is 5.01 Å². The molecule has 0 aromatic rings. The van der Waals surface area contributed by atoms with E-state index in [0.29, 0.717) is 12.3 Å². The lowest BCUT2D eigenvalue weighted by Gasteiger charge is -2.09. The average molecular weight is 328 g/mol. The monoisotopic (exact) mass is 328 g/mol. The Morgan fingerprint density at radius 1 is 1.35 bits per heavy atom. The molecule has 0 atom stereocenters. The summed E-state index contributed by atoms with van der Waals surface area (Å²) in [5.74, 6) is -0.473. The van der Waals surface area contributed by atoms with E-state index in [2.05, 4.69) is 5.10 Å². The van der Waals surface area contributed by atoms with Crippen molar-refractivity contribution in [3.05, 3.63) is 0 Å². The molecule has 1 N–H and O–H groups in total. The van der Waals surface area contributed by atoms with E-state index in [4.69, 9.17) is 17.2 Å². The summed E-state index contributed by atoms with van der Waals surface area (Å²) in [6.45, 7) is 2.59. The van der Waals surface area contributed by atoms with Crippen LogP contribution in [0.15, 0.2) is 5.10 Å². The first kappa shape index (κ1) is 18.7. The molecule has 1 aliphatic heterocycles. The van der Waals surface area contributed by atoms with E-state index in [9.17, 15) is 13.2 Å². The number of carbonyl (C=O) groups is 1. The smallest absolute Gasteiger partial charge is 0.286 e. The van der Waals surface area contributed by atoms with Crippen LogP contribution in [0.3, 0.4) is 0 Å². The second kappa shape index (κ2) is 8.76. The molecule has 1 aliphatic rings. The molecule has 0 spiro atoms. The molecular weight excluding hydrogens is 312 g/mol. The molecule has 0 bridgehead atoms. The lowest BCUT2D eigenvalue weighted by atomic mass is 10.2. The quantitative estimate of drug-likeness (QED) is 0.657. The number of hydrogen-bond donors (Lipinski definition) is 1. The molecule has 0 saturated heterocycles. The van der Waals surface area contributed by atoms with Gasteiger partial charge in [-0.1, -0.05) is 13.3 Å². The molecule has 1 amide bonds. The van der Waals surface area contributed by atoms with Crippen LogP contribution in [0.4, 0.5) is 0 Å². The van der Waals surface area contributed by atoms with Crippen molar-refractivity contribution in [3.63, 3.8) is 0 Å². The van der Waals surface area contributed by atoms with Gasteiger partial charge in [0.25, 0.3) is 10.1 Å². The van der Waals surface area contributed by atoms with Crippen LogP contribution in [0, 0.1) is 0 Å². The molecule has 1 heterocycles. The minimum atomic E-state index is -3.97. The predicted molar refractivity (Wildman–Crippen MR) is 69.4 cm³/mol. The van der Waals surface area contributed by atoms with Gasteiger partial charge in [0.15, 0.2) is 0 Å². The number of rotatable bonds is 6. The van der Waals surface area contributed by atoms with E-state index in [1.807, 2.05) is 6.92 Å². The summed E-state index contributed by atoms with van der Waals surface area (Å²) < 4.78 is 55.0. The summed E-state index contributed by atoms with van der Waals surface area (Å²) in [5.41, 5.74) is 0.527. The molecule has 0 aromatic heterocycles. The van der Waals surface area contributed by atoms with Crippen LogP contribution >= 0.6 is 0 Å². The van der Waals surface area contributed by atoms with Gasteiger partial charge in [-0.05, 0) is 6.42 Å². The fourth-order valence-electron chi connectivity index (χ4n) is 1.40. The average Bonchev–Trinajstić information content (AvgIpc) is 2.63. The molecule has 1 rings (SSSR count). The zero-order valence-corrected chi connectivity index (χ0v) is 12.5. The molecule has 0 aromatic carbocycles. The molecule has 116 valence electrons. The van der Waals surface area contributed by atoms with E-state index in [1.165, 1.54) is 5.01 Å². The van der Waals surface area contributed by atoms with Gasteiger partial charge in [0.1, 0.15) is 0 Å². The molecule has 9 nitrogen and oxygen atoms in total. The topological polar surface area (TPSA) is 138 Å². The van der Waals surface area contributed by atoms with Gasteiger partial charge in [0, 0.05) is 18.7 Å². The predicted octanol–water partition coefficient (Wildman–Crippen LogP) is -0.351. The van der Waals surface area contributed by atoms with Gasteiger partial charge in [0.2, 0.25) is 5.91 Å². The Hall–Kier alpha value is -1.33. The van der Waals surface area contributed by atoms with Crippen LogP contribution in [0.5, 0.6) is 0 Å². The minimum absolute atomic E-state index is 0.0983. The molecule has 20 heavy (non-hydrogen) atoms. The summed E-state index contributed by atoms with van der Waals surface area (Å²) in [6, 6.07) is 0. The molecule has 0 unspecified atom stereocenters. The standard InChI is InChI=1S/C9H16N2O4S.O3S/c1-2-3-5-11-9(12)7-8(10-11)4-6-16(13,14)15;1-4(2)3/h2-7H2,1H3,(H,13,14,15);. The van der Waals surface area contributed by atoms with Gasteiger partial charge in [0.05, 0.1) is 12.2 Å². The van der Waals surface area contributed by atoms with Crippen molar-refractivity contribution < 1.29 is 30.4 Å². The summed E-state index contributed by atoms with van der Waals surface area (Å²) >= 11 is 0. The maximum absolute atomic E-state index is 11.4. The second-order valence-electron chi connectivity index (χ2n) is 3.95. The van der Waals surface area contributed by atoms with Crippen LogP contribution < -0.4 is 0 Å². The van der Waals surface area contributed by atoms with Crippen LogP contribution in [0.25, 0.3) is 0 Å². The first-order chi connectivity index (χ1) is 9.15. The Kier molecular flexibility index (Phi) is 8.18. The normalized spacial score (nSPS) is 14.6. The first-order valence-corrected chi connectivity index (χ1v) is 8.35. The highest BCUT2D eigenvalue weighted by Gasteiger charge is 2.23. The largest absolute Gasteiger partial charge is 0.425 e. The summed E-state index contributed by atoms with van der Waals surface area (Å²) in [7, 11) is -7.09. The lowest BCUT2D eigenvalue weighted by molar-refractivity contribution is -0.128. The maximum Gasteiger partial charge on any atom is 0.425 e. The molecule has 0 aliphatic carbocycles. The number of hydrogen-bond acceptors (Lipinski definition) is 7.